The summed E-state index contributed by atoms with van der Waals surface area (Å²) in [5.41, 5.74) is 6.37. The van der Waals surface area contributed by atoms with Crippen molar-refractivity contribution in [1.82, 2.24) is 4.90 Å². The third-order valence-corrected chi connectivity index (χ3v) is 4.01. The van der Waals surface area contributed by atoms with Gasteiger partial charge in [0.15, 0.2) is 0 Å². The number of β-amino-alcohol motifs (C(OH)–C–C–N with tert-alkyl or cyclic N) is 1. The molecule has 0 amide bonds. The lowest BCUT2D eigenvalue weighted by Gasteiger charge is -2.32. The first-order chi connectivity index (χ1) is 10.0. The second-order valence-corrected chi connectivity index (χ2v) is 6.30. The van der Waals surface area contributed by atoms with E-state index in [1.54, 1.807) is 6.07 Å². The van der Waals surface area contributed by atoms with E-state index in [4.69, 9.17) is 22.7 Å². The molecule has 5 heteroatoms. The fraction of sp³-hybridized carbons (Fsp3) is 0.562. The fourth-order valence-electron chi connectivity index (χ4n) is 2.73. The summed E-state index contributed by atoms with van der Waals surface area (Å²) < 4.78 is 5.64. The second kappa shape index (κ2) is 7.73. The van der Waals surface area contributed by atoms with Crippen molar-refractivity contribution in [3.8, 4) is 5.75 Å². The number of ether oxygens (including phenoxy) is 1. The van der Waals surface area contributed by atoms with Gasteiger partial charge in [0.25, 0.3) is 0 Å². The van der Waals surface area contributed by atoms with Gasteiger partial charge in [-0.2, -0.15) is 0 Å². The van der Waals surface area contributed by atoms with E-state index in [9.17, 15) is 5.11 Å². The van der Waals surface area contributed by atoms with E-state index in [0.29, 0.717) is 23.2 Å². The van der Waals surface area contributed by atoms with Crippen LogP contribution in [0.5, 0.6) is 5.75 Å². The van der Waals surface area contributed by atoms with Crippen LogP contribution < -0.4 is 10.5 Å². The summed E-state index contributed by atoms with van der Waals surface area (Å²) in [4.78, 5) is 2.66. The van der Waals surface area contributed by atoms with Crippen LogP contribution in [-0.4, -0.2) is 47.3 Å². The first-order valence-corrected chi connectivity index (χ1v) is 7.88. The maximum atomic E-state index is 10.1. The maximum absolute atomic E-state index is 10.1. The molecule has 4 nitrogen and oxygen atoms in total. The molecule has 0 spiro atoms. The zero-order valence-electron chi connectivity index (χ0n) is 12.5. The van der Waals surface area contributed by atoms with Gasteiger partial charge in [0.05, 0.1) is 0 Å². The molecular weight excluding hydrogens is 284 g/mol. The Kier molecular flexibility index (Phi) is 5.96. The number of rotatable bonds is 6. The molecule has 1 heterocycles. The van der Waals surface area contributed by atoms with E-state index in [1.165, 1.54) is 12.8 Å². The Morgan fingerprint density at radius 2 is 2.38 bits per heavy atom. The molecule has 1 aliphatic heterocycles. The van der Waals surface area contributed by atoms with E-state index < -0.39 is 6.10 Å². The van der Waals surface area contributed by atoms with Crippen molar-refractivity contribution in [3.05, 3.63) is 29.8 Å². The summed E-state index contributed by atoms with van der Waals surface area (Å²) in [6.45, 7) is 5.34. The Morgan fingerprint density at radius 3 is 3.10 bits per heavy atom. The van der Waals surface area contributed by atoms with Crippen molar-refractivity contribution in [2.75, 3.05) is 26.2 Å². The van der Waals surface area contributed by atoms with Gasteiger partial charge in [-0.1, -0.05) is 31.3 Å². The average molecular weight is 308 g/mol. The lowest BCUT2D eigenvalue weighted by molar-refractivity contribution is 0.0537. The molecule has 0 radical (unpaired) electrons. The van der Waals surface area contributed by atoms with E-state index in [0.717, 1.165) is 18.7 Å². The number of nitrogens with two attached hydrogens (primary N) is 1. The minimum Gasteiger partial charge on any atom is -0.491 e. The Hall–Kier alpha value is -1.17. The molecule has 0 saturated carbocycles. The first-order valence-electron chi connectivity index (χ1n) is 7.47. The number of hydrogen-bond donors (Lipinski definition) is 2. The summed E-state index contributed by atoms with van der Waals surface area (Å²) in [5, 5.41) is 10.1. The van der Waals surface area contributed by atoms with Crippen LogP contribution in [0.4, 0.5) is 0 Å². The van der Waals surface area contributed by atoms with Gasteiger partial charge in [0, 0.05) is 18.7 Å². The highest BCUT2D eigenvalue weighted by Crippen LogP contribution is 2.16. The maximum Gasteiger partial charge on any atom is 0.120 e. The van der Waals surface area contributed by atoms with Crippen LogP contribution >= 0.6 is 12.2 Å². The zero-order valence-corrected chi connectivity index (χ0v) is 13.3. The van der Waals surface area contributed by atoms with Crippen molar-refractivity contribution in [2.45, 2.75) is 25.9 Å². The number of likely N-dealkylation sites (tertiary alicyclic amines) is 1. The molecule has 1 saturated heterocycles. The van der Waals surface area contributed by atoms with Gasteiger partial charge in [-0.25, -0.2) is 0 Å². The molecule has 1 aromatic rings. The molecule has 0 aromatic heterocycles. The minimum absolute atomic E-state index is 0.283. The fourth-order valence-corrected chi connectivity index (χ4v) is 2.86. The van der Waals surface area contributed by atoms with Gasteiger partial charge in [-0.3, -0.25) is 0 Å². The third kappa shape index (κ3) is 5.26. The lowest BCUT2D eigenvalue weighted by Crippen LogP contribution is -2.41. The van der Waals surface area contributed by atoms with E-state index in [-0.39, 0.29) is 6.61 Å². The number of hydrogen-bond acceptors (Lipinski definition) is 4. The van der Waals surface area contributed by atoms with E-state index in [1.807, 2.05) is 18.2 Å². The number of aliphatic hydroxyl groups is 1. The number of nitrogens with zero attached hydrogens (tertiary/aromatic N) is 1. The van der Waals surface area contributed by atoms with Gasteiger partial charge in [0.2, 0.25) is 0 Å². The van der Waals surface area contributed by atoms with Crippen molar-refractivity contribution in [1.29, 1.82) is 0 Å². The van der Waals surface area contributed by atoms with Crippen molar-refractivity contribution < 1.29 is 9.84 Å². The Balaban J connectivity index is 1.79. The Labute approximate surface area is 131 Å². The number of thiocarbonyl (C=S) groups is 1. The molecule has 2 unspecified atom stereocenters. The SMILES string of the molecule is CC1CCCN(CC(O)COc2cccc(C(N)=S)c2)C1. The van der Waals surface area contributed by atoms with Crippen LogP contribution in [0.1, 0.15) is 25.3 Å². The zero-order chi connectivity index (χ0) is 15.2. The normalized spacial score (nSPS) is 21.0. The van der Waals surface area contributed by atoms with Crippen LogP contribution in [-0.2, 0) is 0 Å². The minimum atomic E-state index is -0.483. The quantitative estimate of drug-likeness (QED) is 0.785. The van der Waals surface area contributed by atoms with Gasteiger partial charge in [-0.05, 0) is 37.4 Å². The molecule has 2 atom stereocenters. The van der Waals surface area contributed by atoms with Crippen LogP contribution in [0.2, 0.25) is 0 Å². The van der Waals surface area contributed by atoms with Crippen molar-refractivity contribution >= 4 is 17.2 Å². The summed E-state index contributed by atoms with van der Waals surface area (Å²) in [5.74, 6) is 1.40. The summed E-state index contributed by atoms with van der Waals surface area (Å²) in [6, 6.07) is 7.35. The Morgan fingerprint density at radius 1 is 1.57 bits per heavy atom. The first kappa shape index (κ1) is 16.2. The molecule has 3 N–H and O–H groups in total. The number of piperidine rings is 1. The molecule has 1 aromatic carbocycles. The van der Waals surface area contributed by atoms with Crippen LogP contribution in [0.15, 0.2) is 24.3 Å². The lowest BCUT2D eigenvalue weighted by atomic mass is 10.0. The molecular formula is C16H24N2O2S. The monoisotopic (exact) mass is 308 g/mol. The molecule has 0 aliphatic carbocycles. The largest absolute Gasteiger partial charge is 0.491 e. The van der Waals surface area contributed by atoms with E-state index in [2.05, 4.69) is 11.8 Å². The molecule has 0 bridgehead atoms. The third-order valence-electron chi connectivity index (χ3n) is 3.77. The highest BCUT2D eigenvalue weighted by Gasteiger charge is 2.19. The highest BCUT2D eigenvalue weighted by atomic mass is 32.1. The van der Waals surface area contributed by atoms with Crippen LogP contribution in [0.3, 0.4) is 0 Å². The molecule has 1 aliphatic rings. The van der Waals surface area contributed by atoms with Gasteiger partial charge >= 0.3 is 0 Å². The van der Waals surface area contributed by atoms with Gasteiger partial charge < -0.3 is 20.5 Å². The predicted molar refractivity (Wildman–Crippen MR) is 88.7 cm³/mol. The van der Waals surface area contributed by atoms with Crippen LogP contribution in [0, 0.1) is 5.92 Å². The molecule has 1 fully saturated rings. The topological polar surface area (TPSA) is 58.7 Å². The smallest absolute Gasteiger partial charge is 0.120 e. The number of benzene rings is 1. The van der Waals surface area contributed by atoms with Crippen molar-refractivity contribution in [3.63, 3.8) is 0 Å². The summed E-state index contributed by atoms with van der Waals surface area (Å²) in [7, 11) is 0. The predicted octanol–water partition coefficient (Wildman–Crippen LogP) is 1.79. The van der Waals surface area contributed by atoms with Gasteiger partial charge in [0.1, 0.15) is 23.4 Å². The summed E-state index contributed by atoms with van der Waals surface area (Å²) >= 11 is 4.94. The highest BCUT2D eigenvalue weighted by molar-refractivity contribution is 7.80. The average Bonchev–Trinajstić information content (AvgIpc) is 2.45. The molecule has 21 heavy (non-hydrogen) atoms. The molecule has 2 rings (SSSR count). The summed E-state index contributed by atoms with van der Waals surface area (Å²) in [6.07, 6.45) is 2.02. The standard InChI is InChI=1S/C16H24N2O2S/c1-12-4-3-7-18(9-12)10-14(19)11-20-15-6-2-5-13(8-15)16(17)21/h2,5-6,8,12,14,19H,3-4,7,9-11H2,1H3,(H2,17,21). The van der Waals surface area contributed by atoms with Crippen LogP contribution in [0.25, 0.3) is 0 Å². The van der Waals surface area contributed by atoms with Crippen molar-refractivity contribution in [2.24, 2.45) is 11.7 Å². The Bertz CT molecular complexity index is 481. The van der Waals surface area contributed by atoms with E-state index >= 15 is 0 Å². The number of aliphatic hydroxyl groups excluding tert-OH is 1. The van der Waals surface area contributed by atoms with Gasteiger partial charge in [-0.15, -0.1) is 0 Å². The second-order valence-electron chi connectivity index (χ2n) is 5.86. The molecule has 116 valence electrons.